The number of rotatable bonds is 4. The zero-order valence-electron chi connectivity index (χ0n) is 14.6. The van der Waals surface area contributed by atoms with Gasteiger partial charge in [0.1, 0.15) is 5.75 Å². The normalized spacial score (nSPS) is 11.7. The predicted molar refractivity (Wildman–Crippen MR) is 93.6 cm³/mol. The monoisotopic (exact) mass is 314 g/mol. The van der Waals surface area contributed by atoms with Crippen molar-refractivity contribution >= 4 is 5.91 Å². The summed E-state index contributed by atoms with van der Waals surface area (Å²) in [5.41, 5.74) is 9.92. The molecule has 2 aromatic rings. The lowest BCUT2D eigenvalue weighted by Gasteiger charge is -2.20. The summed E-state index contributed by atoms with van der Waals surface area (Å²) in [4.78, 5) is 12.0. The van der Waals surface area contributed by atoms with Crippen LogP contribution in [0.15, 0.2) is 24.3 Å². The van der Waals surface area contributed by atoms with E-state index < -0.39 is 5.91 Å². The molecule has 124 valence electrons. The highest BCUT2D eigenvalue weighted by molar-refractivity contribution is 6.02. The molecule has 0 fully saturated rings. The molecule has 4 nitrogen and oxygen atoms in total. The van der Waals surface area contributed by atoms with Crippen molar-refractivity contribution in [1.82, 2.24) is 4.57 Å². The van der Waals surface area contributed by atoms with E-state index in [2.05, 4.69) is 25.3 Å². The summed E-state index contributed by atoms with van der Waals surface area (Å²) in [5, 5.41) is 9.76. The molecule has 1 aromatic carbocycles. The molecule has 0 aliphatic carbocycles. The number of benzene rings is 1. The van der Waals surface area contributed by atoms with Crippen molar-refractivity contribution < 1.29 is 9.90 Å². The Morgan fingerprint density at radius 3 is 2.39 bits per heavy atom. The van der Waals surface area contributed by atoms with Gasteiger partial charge in [0.15, 0.2) is 0 Å². The van der Waals surface area contributed by atoms with Gasteiger partial charge in [0.05, 0.1) is 5.56 Å². The molecule has 0 spiro atoms. The number of phenolic OH excluding ortho intramolecular Hbond substituents is 1. The molecule has 4 heteroatoms. The molecule has 0 unspecified atom stereocenters. The fraction of sp³-hybridized carbons (Fsp3) is 0.421. The number of aromatic nitrogens is 1. The maximum absolute atomic E-state index is 12.0. The molecule has 1 amide bonds. The molecule has 2 rings (SSSR count). The minimum absolute atomic E-state index is 0.178. The van der Waals surface area contributed by atoms with E-state index >= 15 is 0 Å². The molecule has 3 N–H and O–H groups in total. The Balaban J connectivity index is 2.60. The number of nitrogens with two attached hydrogens (primary N) is 1. The van der Waals surface area contributed by atoms with Crippen molar-refractivity contribution in [2.45, 2.75) is 47.6 Å². The topological polar surface area (TPSA) is 68.2 Å². The first kappa shape index (κ1) is 17.1. The SMILES string of the molecule is Cc1c(C(N)=O)c(-c2cccc(O)c2)c(C)n1CCC(C)(C)C. The van der Waals surface area contributed by atoms with E-state index in [-0.39, 0.29) is 11.2 Å². The number of phenols is 1. The zero-order valence-corrected chi connectivity index (χ0v) is 14.6. The molecule has 23 heavy (non-hydrogen) atoms. The standard InChI is InChI=1S/C19H26N2O2/c1-12-16(14-7-6-8-15(22)11-14)17(18(20)23)13(2)21(12)10-9-19(3,4)5/h6-8,11,22H,9-10H2,1-5H3,(H2,20,23). The summed E-state index contributed by atoms with van der Waals surface area (Å²) in [5.74, 6) is -0.254. The van der Waals surface area contributed by atoms with Crippen LogP contribution >= 0.6 is 0 Å². The van der Waals surface area contributed by atoms with Crippen molar-refractivity contribution in [3.05, 3.63) is 41.2 Å². The van der Waals surface area contributed by atoms with Gasteiger partial charge >= 0.3 is 0 Å². The van der Waals surface area contributed by atoms with E-state index in [9.17, 15) is 9.90 Å². The Kier molecular flexibility index (Phi) is 4.55. The number of primary amides is 1. The molecule has 1 heterocycles. The van der Waals surface area contributed by atoms with Crippen LogP contribution in [0.2, 0.25) is 0 Å². The van der Waals surface area contributed by atoms with Gasteiger partial charge in [-0.3, -0.25) is 4.79 Å². The van der Waals surface area contributed by atoms with Gasteiger partial charge in [-0.2, -0.15) is 0 Å². The lowest BCUT2D eigenvalue weighted by atomic mass is 9.92. The average Bonchev–Trinajstić information content (AvgIpc) is 2.67. The Hall–Kier alpha value is -2.23. The number of nitrogens with zero attached hydrogens (tertiary/aromatic N) is 1. The molecular weight excluding hydrogens is 288 g/mol. The molecule has 0 radical (unpaired) electrons. The van der Waals surface area contributed by atoms with Gasteiger partial charge in [-0.1, -0.05) is 32.9 Å². The molecule has 0 bridgehead atoms. The highest BCUT2D eigenvalue weighted by atomic mass is 16.3. The summed E-state index contributed by atoms with van der Waals surface area (Å²) in [6.45, 7) is 11.4. The summed E-state index contributed by atoms with van der Waals surface area (Å²) < 4.78 is 2.16. The minimum atomic E-state index is -0.432. The Labute approximate surface area is 137 Å². The summed E-state index contributed by atoms with van der Waals surface area (Å²) in [6, 6.07) is 6.95. The van der Waals surface area contributed by atoms with Gasteiger partial charge in [0.25, 0.3) is 5.91 Å². The average molecular weight is 314 g/mol. The predicted octanol–water partition coefficient (Wildman–Crippen LogP) is 4.01. The van der Waals surface area contributed by atoms with Crippen LogP contribution in [0.25, 0.3) is 11.1 Å². The first-order valence-electron chi connectivity index (χ1n) is 7.90. The molecule has 0 saturated heterocycles. The van der Waals surface area contributed by atoms with E-state index in [1.165, 1.54) is 0 Å². The third-order valence-electron chi connectivity index (χ3n) is 4.25. The van der Waals surface area contributed by atoms with Crippen molar-refractivity contribution in [3.8, 4) is 16.9 Å². The van der Waals surface area contributed by atoms with Crippen LogP contribution in [0, 0.1) is 19.3 Å². The van der Waals surface area contributed by atoms with Crippen molar-refractivity contribution in [2.75, 3.05) is 0 Å². The van der Waals surface area contributed by atoms with Gasteiger partial charge in [0, 0.05) is 23.5 Å². The molecule has 0 aliphatic heterocycles. The fourth-order valence-corrected chi connectivity index (χ4v) is 2.98. The number of hydrogen-bond donors (Lipinski definition) is 2. The molecular formula is C19H26N2O2. The number of carbonyl (C=O) groups excluding carboxylic acids is 1. The summed E-state index contributed by atoms with van der Waals surface area (Å²) in [7, 11) is 0. The first-order chi connectivity index (χ1) is 10.6. The Morgan fingerprint density at radius 2 is 1.87 bits per heavy atom. The van der Waals surface area contributed by atoms with E-state index in [1.807, 2.05) is 19.9 Å². The fourth-order valence-electron chi connectivity index (χ4n) is 2.98. The van der Waals surface area contributed by atoms with Crippen LogP contribution in [0.1, 0.15) is 48.9 Å². The Bertz CT molecular complexity index is 737. The van der Waals surface area contributed by atoms with E-state index in [1.54, 1.807) is 18.2 Å². The number of aromatic hydroxyl groups is 1. The third-order valence-corrected chi connectivity index (χ3v) is 4.25. The first-order valence-corrected chi connectivity index (χ1v) is 7.90. The third kappa shape index (κ3) is 3.58. The lowest BCUT2D eigenvalue weighted by Crippen LogP contribution is -2.15. The maximum Gasteiger partial charge on any atom is 0.251 e. The number of carbonyl (C=O) groups is 1. The molecule has 1 aromatic heterocycles. The smallest absolute Gasteiger partial charge is 0.251 e. The van der Waals surface area contributed by atoms with E-state index in [0.717, 1.165) is 35.5 Å². The molecule has 0 aliphatic rings. The maximum atomic E-state index is 12.0. The largest absolute Gasteiger partial charge is 0.508 e. The van der Waals surface area contributed by atoms with Crippen LogP contribution < -0.4 is 5.73 Å². The van der Waals surface area contributed by atoms with E-state index in [4.69, 9.17) is 5.73 Å². The van der Waals surface area contributed by atoms with Gasteiger partial charge in [-0.15, -0.1) is 0 Å². The second kappa shape index (κ2) is 6.11. The quantitative estimate of drug-likeness (QED) is 0.895. The van der Waals surface area contributed by atoms with Crippen LogP contribution in [-0.4, -0.2) is 15.6 Å². The number of hydrogen-bond acceptors (Lipinski definition) is 2. The lowest BCUT2D eigenvalue weighted by molar-refractivity contribution is 0.1000. The van der Waals surface area contributed by atoms with Gasteiger partial charge in [-0.25, -0.2) is 0 Å². The second-order valence-corrected chi connectivity index (χ2v) is 7.30. The highest BCUT2D eigenvalue weighted by Crippen LogP contribution is 2.34. The summed E-state index contributed by atoms with van der Waals surface area (Å²) >= 11 is 0. The van der Waals surface area contributed by atoms with Gasteiger partial charge < -0.3 is 15.4 Å². The zero-order chi connectivity index (χ0) is 17.4. The molecule has 0 atom stereocenters. The van der Waals surface area contributed by atoms with Gasteiger partial charge in [0.2, 0.25) is 0 Å². The van der Waals surface area contributed by atoms with Crippen LogP contribution in [0.4, 0.5) is 0 Å². The second-order valence-electron chi connectivity index (χ2n) is 7.30. The van der Waals surface area contributed by atoms with Crippen LogP contribution in [-0.2, 0) is 6.54 Å². The van der Waals surface area contributed by atoms with Crippen molar-refractivity contribution in [1.29, 1.82) is 0 Å². The van der Waals surface area contributed by atoms with Crippen LogP contribution in [0.5, 0.6) is 5.75 Å². The van der Waals surface area contributed by atoms with Crippen molar-refractivity contribution in [2.24, 2.45) is 11.1 Å². The van der Waals surface area contributed by atoms with Crippen molar-refractivity contribution in [3.63, 3.8) is 0 Å². The van der Waals surface area contributed by atoms with Gasteiger partial charge in [-0.05, 0) is 43.4 Å². The molecule has 0 saturated carbocycles. The van der Waals surface area contributed by atoms with Crippen LogP contribution in [0.3, 0.4) is 0 Å². The highest BCUT2D eigenvalue weighted by Gasteiger charge is 2.23. The Morgan fingerprint density at radius 1 is 1.22 bits per heavy atom. The number of amides is 1. The van der Waals surface area contributed by atoms with E-state index in [0.29, 0.717) is 5.56 Å². The minimum Gasteiger partial charge on any atom is -0.508 e. The summed E-state index contributed by atoms with van der Waals surface area (Å²) in [6.07, 6.45) is 1.00.